The predicted octanol–water partition coefficient (Wildman–Crippen LogP) is 2.73. The lowest BCUT2D eigenvalue weighted by Gasteiger charge is -2.17. The molecule has 1 aromatic rings. The first-order valence-corrected chi connectivity index (χ1v) is 7.05. The van der Waals surface area contributed by atoms with Crippen molar-refractivity contribution in [2.24, 2.45) is 0 Å². The Morgan fingerprint density at radius 3 is 2.59 bits per heavy atom. The molecule has 0 heterocycles. The summed E-state index contributed by atoms with van der Waals surface area (Å²) in [4.78, 5) is 0. The highest BCUT2D eigenvalue weighted by Crippen LogP contribution is 2.32. The first kappa shape index (κ1) is 18.7. The van der Waals surface area contributed by atoms with Gasteiger partial charge < -0.3 is 15.3 Å². The molecule has 5 nitrogen and oxygen atoms in total. The largest absolute Gasteiger partial charge is 0.595 e. The lowest BCUT2D eigenvalue weighted by molar-refractivity contribution is -0.991. The summed E-state index contributed by atoms with van der Waals surface area (Å²) in [6, 6.07) is 2.74. The van der Waals surface area contributed by atoms with Crippen molar-refractivity contribution < 1.29 is 28.3 Å². The Morgan fingerprint density at radius 2 is 2.05 bits per heavy atom. The van der Waals surface area contributed by atoms with Crippen molar-refractivity contribution in [3.8, 4) is 0 Å². The molecule has 3 N–H and O–H groups in total. The van der Waals surface area contributed by atoms with Gasteiger partial charge in [-0.25, -0.2) is 5.21 Å². The number of benzene rings is 1. The molecule has 0 aliphatic carbocycles. The highest BCUT2D eigenvalue weighted by atomic mass is 19.4. The molecule has 0 aliphatic heterocycles. The molecule has 0 bridgehead atoms. The van der Waals surface area contributed by atoms with Crippen molar-refractivity contribution >= 4 is 11.4 Å². The maximum Gasteiger partial charge on any atom is 0.416 e. The summed E-state index contributed by atoms with van der Waals surface area (Å²) >= 11 is 0. The third kappa shape index (κ3) is 6.18. The normalized spacial score (nSPS) is 14.7. The third-order valence-corrected chi connectivity index (χ3v) is 3.08. The SMILES string of the molecule is CCOC(C)CCCNc1cc([NH+]([O-])O)cc(C(F)(F)F)c1. The molecule has 0 spiro atoms. The van der Waals surface area contributed by atoms with Gasteiger partial charge in [-0.3, -0.25) is 0 Å². The van der Waals surface area contributed by atoms with E-state index in [1.165, 1.54) is 6.07 Å². The number of nitrogens with one attached hydrogen (secondary N) is 2. The number of halogens is 3. The average molecular weight is 322 g/mol. The van der Waals surface area contributed by atoms with Crippen LogP contribution in [0.5, 0.6) is 0 Å². The average Bonchev–Trinajstić information content (AvgIpc) is 2.42. The highest BCUT2D eigenvalue weighted by molar-refractivity contribution is 5.54. The van der Waals surface area contributed by atoms with Crippen molar-refractivity contribution in [2.45, 2.75) is 39.0 Å². The van der Waals surface area contributed by atoms with E-state index in [1.54, 1.807) is 0 Å². The number of hydrogen-bond acceptors (Lipinski definition) is 4. The van der Waals surface area contributed by atoms with E-state index in [1.807, 2.05) is 13.8 Å². The van der Waals surface area contributed by atoms with Crippen LogP contribution >= 0.6 is 0 Å². The van der Waals surface area contributed by atoms with Gasteiger partial charge in [0.25, 0.3) is 0 Å². The summed E-state index contributed by atoms with van der Waals surface area (Å²) in [5.41, 5.74) is -1.21. The maximum absolute atomic E-state index is 12.8. The smallest absolute Gasteiger partial charge is 0.416 e. The minimum absolute atomic E-state index is 0.0860. The Labute approximate surface area is 127 Å². The lowest BCUT2D eigenvalue weighted by atomic mass is 10.1. The van der Waals surface area contributed by atoms with Gasteiger partial charge in [0.1, 0.15) is 0 Å². The van der Waals surface area contributed by atoms with Crippen LogP contribution in [0.4, 0.5) is 24.5 Å². The summed E-state index contributed by atoms with van der Waals surface area (Å²) in [7, 11) is 0. The van der Waals surface area contributed by atoms with Crippen LogP contribution in [0.1, 0.15) is 32.3 Å². The Bertz CT molecular complexity index is 467. The van der Waals surface area contributed by atoms with E-state index in [4.69, 9.17) is 9.94 Å². The number of ether oxygens (including phenoxy) is 1. The maximum atomic E-state index is 12.8. The van der Waals surface area contributed by atoms with E-state index in [0.717, 1.165) is 12.5 Å². The Morgan fingerprint density at radius 1 is 1.36 bits per heavy atom. The topological polar surface area (TPSA) is 69.0 Å². The minimum Gasteiger partial charge on any atom is -0.595 e. The molecule has 0 saturated heterocycles. The first-order valence-electron chi connectivity index (χ1n) is 7.05. The molecule has 0 fully saturated rings. The molecular weight excluding hydrogens is 301 g/mol. The number of alkyl halides is 3. The van der Waals surface area contributed by atoms with E-state index in [-0.39, 0.29) is 17.5 Å². The minimum atomic E-state index is -4.58. The second-order valence-electron chi connectivity index (χ2n) is 4.94. The summed E-state index contributed by atoms with van der Waals surface area (Å²) in [5, 5.41) is 21.2. The Hall–Kier alpha value is -1.35. The van der Waals surface area contributed by atoms with Gasteiger partial charge in [-0.15, -0.1) is 0 Å². The molecule has 0 amide bonds. The molecule has 0 radical (unpaired) electrons. The predicted molar refractivity (Wildman–Crippen MR) is 76.0 cm³/mol. The summed E-state index contributed by atoms with van der Waals surface area (Å²) in [6.45, 7) is 4.88. The van der Waals surface area contributed by atoms with Crippen molar-refractivity contribution in [1.82, 2.24) is 0 Å². The molecule has 0 aromatic heterocycles. The van der Waals surface area contributed by atoms with Gasteiger partial charge in [0.05, 0.1) is 11.7 Å². The van der Waals surface area contributed by atoms with Crippen molar-refractivity contribution in [2.75, 3.05) is 18.5 Å². The van der Waals surface area contributed by atoms with E-state index in [0.29, 0.717) is 25.6 Å². The standard InChI is InChI=1S/C14H21F3N2O3/c1-3-22-10(2)5-4-6-18-12-7-11(14(15,16)17)8-13(9-12)19(20)21/h7-10,18-20H,3-6H2,1-2H3. The van der Waals surface area contributed by atoms with E-state index < -0.39 is 17.0 Å². The van der Waals surface area contributed by atoms with Crippen LogP contribution in [0.3, 0.4) is 0 Å². The molecule has 2 atom stereocenters. The van der Waals surface area contributed by atoms with Crippen LogP contribution in [0.2, 0.25) is 0 Å². The molecule has 1 aromatic carbocycles. The fraction of sp³-hybridized carbons (Fsp3) is 0.571. The zero-order chi connectivity index (χ0) is 16.8. The molecule has 22 heavy (non-hydrogen) atoms. The van der Waals surface area contributed by atoms with Gasteiger partial charge in [-0.05, 0) is 32.8 Å². The number of anilines is 1. The van der Waals surface area contributed by atoms with E-state index in [2.05, 4.69) is 5.32 Å². The van der Waals surface area contributed by atoms with Crippen LogP contribution in [-0.2, 0) is 10.9 Å². The van der Waals surface area contributed by atoms with Crippen molar-refractivity contribution in [3.63, 3.8) is 0 Å². The molecule has 0 saturated carbocycles. The van der Waals surface area contributed by atoms with Crippen molar-refractivity contribution in [1.29, 1.82) is 0 Å². The lowest BCUT2D eigenvalue weighted by Crippen LogP contribution is -2.99. The fourth-order valence-corrected chi connectivity index (χ4v) is 2.01. The van der Waals surface area contributed by atoms with Gasteiger partial charge in [-0.1, -0.05) is 0 Å². The zero-order valence-electron chi connectivity index (χ0n) is 12.5. The molecule has 0 aliphatic rings. The third-order valence-electron chi connectivity index (χ3n) is 3.08. The monoisotopic (exact) mass is 322 g/mol. The molecule has 8 heteroatoms. The summed E-state index contributed by atoms with van der Waals surface area (Å²) in [5.74, 6) is 0. The van der Waals surface area contributed by atoms with Gasteiger partial charge in [0.2, 0.25) is 0 Å². The van der Waals surface area contributed by atoms with E-state index in [9.17, 15) is 18.4 Å². The Balaban J connectivity index is 2.68. The van der Waals surface area contributed by atoms with Crippen LogP contribution in [0.15, 0.2) is 18.2 Å². The second kappa shape index (κ2) is 8.33. The quantitative estimate of drug-likeness (QED) is 0.508. The molecule has 126 valence electrons. The summed E-state index contributed by atoms with van der Waals surface area (Å²) in [6.07, 6.45) is -3.01. The zero-order valence-corrected chi connectivity index (χ0v) is 12.5. The second-order valence-corrected chi connectivity index (χ2v) is 4.94. The van der Waals surface area contributed by atoms with Gasteiger partial charge in [-0.2, -0.15) is 18.4 Å². The van der Waals surface area contributed by atoms with Crippen LogP contribution in [0.25, 0.3) is 0 Å². The van der Waals surface area contributed by atoms with Gasteiger partial charge in [0, 0.05) is 31.0 Å². The van der Waals surface area contributed by atoms with Gasteiger partial charge in [0.15, 0.2) is 5.69 Å². The molecular formula is C14H21F3N2O3. The fourth-order valence-electron chi connectivity index (χ4n) is 2.01. The highest BCUT2D eigenvalue weighted by Gasteiger charge is 2.32. The Kier molecular flexibility index (Phi) is 7.08. The van der Waals surface area contributed by atoms with Crippen LogP contribution in [0, 0.1) is 5.21 Å². The van der Waals surface area contributed by atoms with Crippen molar-refractivity contribution in [3.05, 3.63) is 29.0 Å². The molecule has 2 unspecified atom stereocenters. The summed E-state index contributed by atoms with van der Waals surface area (Å²) < 4.78 is 43.6. The molecule has 1 rings (SSSR count). The van der Waals surface area contributed by atoms with Crippen LogP contribution in [-0.4, -0.2) is 24.5 Å². The van der Waals surface area contributed by atoms with Crippen LogP contribution < -0.4 is 10.5 Å². The number of hydrogen-bond donors (Lipinski definition) is 3. The number of quaternary nitrogens is 1. The van der Waals surface area contributed by atoms with E-state index >= 15 is 0 Å². The van der Waals surface area contributed by atoms with Gasteiger partial charge >= 0.3 is 6.18 Å². The first-order chi connectivity index (χ1) is 10.2. The number of rotatable bonds is 8.